The molecule has 0 atom stereocenters. The SMILES string of the molecule is Cn1cc(S(=O)(=O)NCc2ccc(CO)cc2)c(N)n1. The third kappa shape index (κ3) is 3.16. The van der Waals surface area contributed by atoms with Crippen LogP contribution < -0.4 is 10.5 Å². The number of anilines is 1. The van der Waals surface area contributed by atoms with E-state index in [1.165, 1.54) is 10.9 Å². The summed E-state index contributed by atoms with van der Waals surface area (Å²) in [4.78, 5) is -0.0352. The van der Waals surface area contributed by atoms with Crippen LogP contribution in [0.2, 0.25) is 0 Å². The molecule has 0 aliphatic carbocycles. The van der Waals surface area contributed by atoms with Crippen LogP contribution in [0.25, 0.3) is 0 Å². The van der Waals surface area contributed by atoms with Crippen LogP contribution in [0.15, 0.2) is 35.4 Å². The molecule has 0 saturated heterocycles. The molecule has 1 aromatic heterocycles. The van der Waals surface area contributed by atoms with Crippen molar-refractivity contribution in [3.05, 3.63) is 41.6 Å². The fraction of sp³-hybridized carbons (Fsp3) is 0.250. The number of rotatable bonds is 5. The fourth-order valence-electron chi connectivity index (χ4n) is 1.71. The molecule has 0 amide bonds. The van der Waals surface area contributed by atoms with E-state index in [1.54, 1.807) is 31.3 Å². The van der Waals surface area contributed by atoms with Crippen molar-refractivity contribution >= 4 is 15.8 Å². The summed E-state index contributed by atoms with van der Waals surface area (Å²) in [6, 6.07) is 6.98. The Morgan fingerprint density at radius 1 is 1.30 bits per heavy atom. The first-order chi connectivity index (χ1) is 9.42. The first-order valence-corrected chi connectivity index (χ1v) is 7.38. The lowest BCUT2D eigenvalue weighted by Gasteiger charge is -2.06. The van der Waals surface area contributed by atoms with Gasteiger partial charge in [0.1, 0.15) is 4.90 Å². The molecular formula is C12H16N4O3S. The summed E-state index contributed by atoms with van der Waals surface area (Å²) in [5.74, 6) is -0.0318. The summed E-state index contributed by atoms with van der Waals surface area (Å²) in [5, 5.41) is 12.7. The van der Waals surface area contributed by atoms with Crippen LogP contribution in [0.4, 0.5) is 5.82 Å². The smallest absolute Gasteiger partial charge is 0.246 e. The fourth-order valence-corrected chi connectivity index (χ4v) is 2.83. The number of aromatic nitrogens is 2. The van der Waals surface area contributed by atoms with Gasteiger partial charge in [-0.15, -0.1) is 0 Å². The lowest BCUT2D eigenvalue weighted by Crippen LogP contribution is -2.23. The zero-order valence-corrected chi connectivity index (χ0v) is 11.8. The van der Waals surface area contributed by atoms with Crippen LogP contribution in [-0.2, 0) is 30.2 Å². The minimum Gasteiger partial charge on any atom is -0.392 e. The maximum Gasteiger partial charge on any atom is 0.246 e. The zero-order valence-electron chi connectivity index (χ0n) is 10.9. The van der Waals surface area contributed by atoms with E-state index in [0.717, 1.165) is 11.1 Å². The van der Waals surface area contributed by atoms with Crippen molar-refractivity contribution in [3.8, 4) is 0 Å². The number of nitrogens with zero attached hydrogens (tertiary/aromatic N) is 2. The van der Waals surface area contributed by atoms with E-state index in [0.29, 0.717) is 0 Å². The third-order valence-electron chi connectivity index (χ3n) is 2.78. The van der Waals surface area contributed by atoms with E-state index in [9.17, 15) is 8.42 Å². The van der Waals surface area contributed by atoms with Crippen molar-refractivity contribution in [2.45, 2.75) is 18.0 Å². The van der Waals surface area contributed by atoms with E-state index >= 15 is 0 Å². The van der Waals surface area contributed by atoms with Gasteiger partial charge in [0.25, 0.3) is 0 Å². The number of sulfonamides is 1. The molecule has 8 heteroatoms. The molecule has 1 aromatic carbocycles. The van der Waals surface area contributed by atoms with Gasteiger partial charge in [0.05, 0.1) is 6.61 Å². The third-order valence-corrected chi connectivity index (χ3v) is 4.20. The number of nitrogens with two attached hydrogens (primary N) is 1. The largest absolute Gasteiger partial charge is 0.392 e. The Kier molecular flexibility index (Phi) is 4.07. The molecule has 7 nitrogen and oxygen atoms in total. The van der Waals surface area contributed by atoms with E-state index in [4.69, 9.17) is 10.8 Å². The van der Waals surface area contributed by atoms with Gasteiger partial charge < -0.3 is 10.8 Å². The van der Waals surface area contributed by atoms with Crippen molar-refractivity contribution in [1.29, 1.82) is 0 Å². The van der Waals surface area contributed by atoms with Crippen LogP contribution >= 0.6 is 0 Å². The Bertz CT molecular complexity index is 692. The standard InChI is InChI=1S/C12H16N4O3S/c1-16-7-11(12(13)15-16)20(18,19)14-6-9-2-4-10(8-17)5-3-9/h2-5,7,14,17H,6,8H2,1H3,(H2,13,15). The summed E-state index contributed by atoms with van der Waals surface area (Å²) >= 11 is 0. The Hall–Kier alpha value is -1.90. The second kappa shape index (κ2) is 5.61. The first kappa shape index (κ1) is 14.5. The van der Waals surface area contributed by atoms with E-state index < -0.39 is 10.0 Å². The van der Waals surface area contributed by atoms with Crippen LogP contribution in [0.1, 0.15) is 11.1 Å². The van der Waals surface area contributed by atoms with Crippen molar-refractivity contribution in [2.75, 3.05) is 5.73 Å². The Morgan fingerprint density at radius 2 is 1.90 bits per heavy atom. The summed E-state index contributed by atoms with van der Waals surface area (Å²) in [6.45, 7) is 0.0978. The lowest BCUT2D eigenvalue weighted by atomic mass is 10.1. The van der Waals surface area contributed by atoms with E-state index in [2.05, 4.69) is 9.82 Å². The van der Waals surface area contributed by atoms with Gasteiger partial charge in [-0.1, -0.05) is 24.3 Å². The van der Waals surface area contributed by atoms with Gasteiger partial charge in [-0.05, 0) is 11.1 Å². The van der Waals surface area contributed by atoms with Crippen molar-refractivity contribution in [2.24, 2.45) is 7.05 Å². The van der Waals surface area contributed by atoms with Crippen LogP contribution in [-0.4, -0.2) is 23.3 Å². The Labute approximate surface area is 117 Å². The molecule has 0 bridgehead atoms. The summed E-state index contributed by atoms with van der Waals surface area (Å²) in [6.07, 6.45) is 1.35. The molecule has 0 saturated carbocycles. The van der Waals surface area contributed by atoms with Gasteiger partial charge in [0.15, 0.2) is 5.82 Å². The number of benzene rings is 1. The Morgan fingerprint density at radius 3 is 2.40 bits per heavy atom. The average Bonchev–Trinajstić information content (AvgIpc) is 2.77. The molecule has 1 heterocycles. The van der Waals surface area contributed by atoms with Crippen molar-refractivity contribution in [3.63, 3.8) is 0 Å². The van der Waals surface area contributed by atoms with Gasteiger partial charge in [-0.25, -0.2) is 13.1 Å². The Balaban J connectivity index is 2.11. The highest BCUT2D eigenvalue weighted by molar-refractivity contribution is 7.89. The maximum absolute atomic E-state index is 12.1. The second-order valence-electron chi connectivity index (χ2n) is 4.35. The van der Waals surface area contributed by atoms with Gasteiger partial charge >= 0.3 is 0 Å². The number of hydrogen-bond donors (Lipinski definition) is 3. The minimum absolute atomic E-state index is 0.0318. The van der Waals surface area contributed by atoms with Gasteiger partial charge in [-0.3, -0.25) is 4.68 Å². The van der Waals surface area contributed by atoms with Gasteiger partial charge in [0, 0.05) is 19.8 Å². The lowest BCUT2D eigenvalue weighted by molar-refractivity contribution is 0.282. The summed E-state index contributed by atoms with van der Waals surface area (Å²) in [5.41, 5.74) is 7.11. The van der Waals surface area contributed by atoms with Gasteiger partial charge in [0.2, 0.25) is 10.0 Å². The monoisotopic (exact) mass is 296 g/mol. The molecule has 0 spiro atoms. The van der Waals surface area contributed by atoms with Crippen LogP contribution in [0.3, 0.4) is 0 Å². The number of aliphatic hydroxyl groups is 1. The number of aryl methyl sites for hydroxylation is 1. The van der Waals surface area contributed by atoms with Crippen molar-refractivity contribution < 1.29 is 13.5 Å². The normalized spacial score (nSPS) is 11.7. The molecule has 0 unspecified atom stereocenters. The topological polar surface area (TPSA) is 110 Å². The quantitative estimate of drug-likeness (QED) is 0.718. The minimum atomic E-state index is -3.69. The highest BCUT2D eigenvalue weighted by Crippen LogP contribution is 2.15. The molecule has 0 aliphatic rings. The number of hydrogen-bond acceptors (Lipinski definition) is 5. The molecule has 2 rings (SSSR count). The van der Waals surface area contributed by atoms with Crippen LogP contribution in [0, 0.1) is 0 Å². The molecule has 20 heavy (non-hydrogen) atoms. The molecular weight excluding hydrogens is 280 g/mol. The molecule has 0 radical (unpaired) electrons. The predicted octanol–water partition coefficient (Wildman–Crippen LogP) is -0.0269. The molecule has 4 N–H and O–H groups in total. The summed E-state index contributed by atoms with van der Waals surface area (Å²) < 4.78 is 28.0. The number of aliphatic hydroxyl groups excluding tert-OH is 1. The zero-order chi connectivity index (χ0) is 14.8. The molecule has 108 valence electrons. The number of nitrogens with one attached hydrogen (secondary N) is 1. The van der Waals surface area contributed by atoms with E-state index in [1.807, 2.05) is 0 Å². The highest BCUT2D eigenvalue weighted by atomic mass is 32.2. The number of nitrogen functional groups attached to an aromatic ring is 1. The average molecular weight is 296 g/mol. The summed E-state index contributed by atoms with van der Waals surface area (Å²) in [7, 11) is -2.09. The van der Waals surface area contributed by atoms with Gasteiger partial charge in [-0.2, -0.15) is 5.10 Å². The van der Waals surface area contributed by atoms with Crippen LogP contribution in [0.5, 0.6) is 0 Å². The highest BCUT2D eigenvalue weighted by Gasteiger charge is 2.20. The predicted molar refractivity (Wildman–Crippen MR) is 74.0 cm³/mol. The molecule has 0 aliphatic heterocycles. The van der Waals surface area contributed by atoms with E-state index in [-0.39, 0.29) is 23.9 Å². The first-order valence-electron chi connectivity index (χ1n) is 5.90. The molecule has 0 fully saturated rings. The molecule has 2 aromatic rings. The van der Waals surface area contributed by atoms with Crippen molar-refractivity contribution in [1.82, 2.24) is 14.5 Å². The second-order valence-corrected chi connectivity index (χ2v) is 6.09. The maximum atomic E-state index is 12.1.